The fraction of sp³-hybridized carbons (Fsp3) is 0. The first-order valence-corrected chi connectivity index (χ1v) is 8.57. The molecule has 4 N–H and O–H groups in total. The van der Waals surface area contributed by atoms with Gasteiger partial charge >= 0.3 is 5.97 Å². The number of nitrogens with one attached hydrogen (secondary N) is 1. The van der Waals surface area contributed by atoms with E-state index in [4.69, 9.17) is 23.1 Å². The lowest BCUT2D eigenvalue weighted by atomic mass is 10.2. The molecular formula is C17H12N4O2S2. The molecule has 6 nitrogen and oxygen atoms in total. The van der Waals surface area contributed by atoms with Gasteiger partial charge in [0.25, 0.3) is 0 Å². The van der Waals surface area contributed by atoms with E-state index in [0.29, 0.717) is 26.6 Å². The molecule has 2 aromatic carbocycles. The van der Waals surface area contributed by atoms with Gasteiger partial charge in [-0.25, -0.2) is 9.78 Å². The molecule has 2 aromatic heterocycles. The van der Waals surface area contributed by atoms with Gasteiger partial charge in [0.05, 0.1) is 16.6 Å². The van der Waals surface area contributed by atoms with Crippen molar-refractivity contribution in [2.75, 3.05) is 5.73 Å². The van der Waals surface area contributed by atoms with Crippen LogP contribution in [0.2, 0.25) is 0 Å². The number of fused-ring (bicyclic) bond motifs is 1. The van der Waals surface area contributed by atoms with Crippen LogP contribution in [0.5, 0.6) is 0 Å². The van der Waals surface area contributed by atoms with Gasteiger partial charge in [0.1, 0.15) is 10.7 Å². The maximum absolute atomic E-state index is 11.1. The van der Waals surface area contributed by atoms with E-state index in [1.54, 1.807) is 16.7 Å². The molecule has 0 fully saturated rings. The summed E-state index contributed by atoms with van der Waals surface area (Å²) in [5.74, 6) is 0.0861. The fourth-order valence-corrected chi connectivity index (χ4v) is 3.94. The zero-order chi connectivity index (χ0) is 17.6. The molecule has 0 aliphatic rings. The van der Waals surface area contributed by atoms with Crippen LogP contribution in [0.3, 0.4) is 0 Å². The molecule has 0 saturated heterocycles. The van der Waals surface area contributed by atoms with E-state index in [0.717, 1.165) is 10.6 Å². The lowest BCUT2D eigenvalue weighted by Crippen LogP contribution is -2.00. The molecule has 0 atom stereocenters. The summed E-state index contributed by atoms with van der Waals surface area (Å²) in [5.41, 5.74) is 8.72. The van der Waals surface area contributed by atoms with Gasteiger partial charge in [0, 0.05) is 5.69 Å². The molecule has 25 heavy (non-hydrogen) atoms. The molecule has 0 amide bonds. The quantitative estimate of drug-likeness (QED) is 0.473. The normalized spacial score (nSPS) is 11.0. The van der Waals surface area contributed by atoms with Crippen molar-refractivity contribution >= 4 is 46.4 Å². The predicted octanol–water partition coefficient (Wildman–Crippen LogP) is 4.09. The molecule has 0 radical (unpaired) electrons. The Morgan fingerprint density at radius 1 is 1.24 bits per heavy atom. The van der Waals surface area contributed by atoms with Crippen molar-refractivity contribution in [3.8, 4) is 16.4 Å². The SMILES string of the molecule is Nc1c(-c2nc3ccc(C(=O)O)cc3[nH]2)sc(=S)n1-c1ccccc1. The number of H-pyrrole nitrogens is 1. The molecule has 124 valence electrons. The molecule has 0 spiro atoms. The maximum Gasteiger partial charge on any atom is 0.335 e. The van der Waals surface area contributed by atoms with E-state index in [1.165, 1.54) is 17.4 Å². The highest BCUT2D eigenvalue weighted by molar-refractivity contribution is 7.73. The zero-order valence-corrected chi connectivity index (χ0v) is 14.4. The van der Waals surface area contributed by atoms with Crippen molar-refractivity contribution in [2.24, 2.45) is 0 Å². The van der Waals surface area contributed by atoms with Crippen molar-refractivity contribution in [2.45, 2.75) is 0 Å². The molecule has 0 aliphatic carbocycles. The van der Waals surface area contributed by atoms with Gasteiger partial charge in [0.15, 0.2) is 9.78 Å². The van der Waals surface area contributed by atoms with Gasteiger partial charge < -0.3 is 15.8 Å². The second-order valence-corrected chi connectivity index (χ2v) is 7.02. The number of carboxylic acids is 1. The third-order valence-corrected chi connectivity index (χ3v) is 5.20. The highest BCUT2D eigenvalue weighted by atomic mass is 32.1. The number of hydrogen-bond acceptors (Lipinski definition) is 5. The number of carboxylic acid groups (broad SMARTS) is 1. The van der Waals surface area contributed by atoms with Crippen LogP contribution in [0, 0.1) is 3.95 Å². The molecule has 0 saturated carbocycles. The third-order valence-electron chi connectivity index (χ3n) is 3.80. The van der Waals surface area contributed by atoms with Crippen LogP contribution in [0.1, 0.15) is 10.4 Å². The number of imidazole rings is 1. The minimum Gasteiger partial charge on any atom is -0.478 e. The van der Waals surface area contributed by atoms with Gasteiger partial charge in [-0.05, 0) is 42.5 Å². The van der Waals surface area contributed by atoms with Crippen LogP contribution in [0.4, 0.5) is 5.82 Å². The van der Waals surface area contributed by atoms with E-state index in [2.05, 4.69) is 9.97 Å². The first-order valence-electron chi connectivity index (χ1n) is 7.35. The number of hydrogen-bond donors (Lipinski definition) is 3. The molecule has 0 aliphatic heterocycles. The standard InChI is InChI=1S/C17H12N4O2S2/c18-14-13(25-17(24)21(14)10-4-2-1-3-5-10)15-19-11-7-6-9(16(22)23)8-12(11)20-15/h1-8H,18H2,(H,19,20)(H,22,23). The van der Waals surface area contributed by atoms with Gasteiger partial charge in [-0.3, -0.25) is 4.57 Å². The number of nitrogens with two attached hydrogens (primary N) is 1. The van der Waals surface area contributed by atoms with Gasteiger partial charge in [0.2, 0.25) is 0 Å². The van der Waals surface area contributed by atoms with Crippen molar-refractivity contribution < 1.29 is 9.90 Å². The largest absolute Gasteiger partial charge is 0.478 e. The molecule has 8 heteroatoms. The maximum atomic E-state index is 11.1. The summed E-state index contributed by atoms with van der Waals surface area (Å²) in [7, 11) is 0. The van der Waals surface area contributed by atoms with E-state index >= 15 is 0 Å². The number of para-hydroxylation sites is 1. The smallest absolute Gasteiger partial charge is 0.335 e. The molecule has 4 aromatic rings. The van der Waals surface area contributed by atoms with Crippen molar-refractivity contribution in [3.63, 3.8) is 0 Å². The van der Waals surface area contributed by atoms with Gasteiger partial charge in [-0.1, -0.05) is 29.5 Å². The molecule has 0 bridgehead atoms. The van der Waals surface area contributed by atoms with E-state index in [9.17, 15) is 4.79 Å². The summed E-state index contributed by atoms with van der Waals surface area (Å²) in [6, 6.07) is 14.4. The number of benzene rings is 2. The number of aromatic amines is 1. The molecule has 2 heterocycles. The number of aromatic nitrogens is 3. The average molecular weight is 368 g/mol. The summed E-state index contributed by atoms with van der Waals surface area (Å²) >= 11 is 6.82. The molecule has 4 rings (SSSR count). The zero-order valence-electron chi connectivity index (χ0n) is 12.8. The second-order valence-electron chi connectivity index (χ2n) is 5.38. The lowest BCUT2D eigenvalue weighted by Gasteiger charge is -2.05. The monoisotopic (exact) mass is 368 g/mol. The Balaban J connectivity index is 1.87. The topological polar surface area (TPSA) is 96.9 Å². The van der Waals surface area contributed by atoms with Crippen LogP contribution in [-0.2, 0) is 0 Å². The Hall–Kier alpha value is -2.97. The Morgan fingerprint density at radius 2 is 2.00 bits per heavy atom. The van der Waals surface area contributed by atoms with Crippen molar-refractivity contribution in [3.05, 3.63) is 58.0 Å². The van der Waals surface area contributed by atoms with Gasteiger partial charge in [-0.2, -0.15) is 0 Å². The van der Waals surface area contributed by atoms with Crippen molar-refractivity contribution in [1.82, 2.24) is 14.5 Å². The van der Waals surface area contributed by atoms with Crippen LogP contribution in [0.25, 0.3) is 27.4 Å². The second kappa shape index (κ2) is 5.83. The first-order chi connectivity index (χ1) is 12.0. The highest BCUT2D eigenvalue weighted by Gasteiger charge is 2.17. The number of rotatable bonds is 3. The number of nitrogens with zero attached hydrogens (tertiary/aromatic N) is 2. The number of thiazole rings is 1. The van der Waals surface area contributed by atoms with Crippen LogP contribution < -0.4 is 5.73 Å². The molecular weight excluding hydrogens is 356 g/mol. The first kappa shape index (κ1) is 15.6. The molecule has 0 unspecified atom stereocenters. The summed E-state index contributed by atoms with van der Waals surface area (Å²) < 4.78 is 2.41. The van der Waals surface area contributed by atoms with Crippen molar-refractivity contribution in [1.29, 1.82) is 0 Å². The number of carbonyl (C=O) groups is 1. The van der Waals surface area contributed by atoms with Crippen LogP contribution >= 0.6 is 23.6 Å². The summed E-state index contributed by atoms with van der Waals surface area (Å²) in [5, 5.41) is 9.11. The lowest BCUT2D eigenvalue weighted by molar-refractivity contribution is 0.0697. The highest BCUT2D eigenvalue weighted by Crippen LogP contribution is 2.34. The van der Waals surface area contributed by atoms with Gasteiger partial charge in [-0.15, -0.1) is 0 Å². The van der Waals surface area contributed by atoms with E-state index in [1.807, 2.05) is 30.3 Å². The summed E-state index contributed by atoms with van der Waals surface area (Å²) in [4.78, 5) is 19.5. The Bertz CT molecular complexity index is 1160. The van der Waals surface area contributed by atoms with Crippen LogP contribution in [0.15, 0.2) is 48.5 Å². The minimum atomic E-state index is -0.983. The number of nitrogen functional groups attached to an aromatic ring is 1. The summed E-state index contributed by atoms with van der Waals surface area (Å²) in [6.07, 6.45) is 0. The van der Waals surface area contributed by atoms with Crippen LogP contribution in [-0.4, -0.2) is 25.6 Å². The van der Waals surface area contributed by atoms with E-state index in [-0.39, 0.29) is 5.56 Å². The third kappa shape index (κ3) is 2.61. The van der Waals surface area contributed by atoms with E-state index < -0.39 is 5.97 Å². The number of anilines is 1. The summed E-state index contributed by atoms with van der Waals surface area (Å²) in [6.45, 7) is 0. The fourth-order valence-electron chi connectivity index (χ4n) is 2.63. The Labute approximate surface area is 151 Å². The minimum absolute atomic E-state index is 0.199. The average Bonchev–Trinajstić information content (AvgIpc) is 3.15. The number of aromatic carboxylic acids is 1. The Kier molecular flexibility index (Phi) is 3.63. The predicted molar refractivity (Wildman–Crippen MR) is 101 cm³/mol. The Morgan fingerprint density at radius 3 is 2.72 bits per heavy atom.